The van der Waals surface area contributed by atoms with E-state index < -0.39 is 155 Å². The van der Waals surface area contributed by atoms with Crippen molar-refractivity contribution in [3.8, 4) is 44.5 Å². The van der Waals surface area contributed by atoms with Gasteiger partial charge in [0.2, 0.25) is 10.3 Å². The van der Waals surface area contributed by atoms with Crippen LogP contribution in [-0.2, 0) is 118 Å². The van der Waals surface area contributed by atoms with Crippen LogP contribution in [0.2, 0.25) is 0 Å². The van der Waals surface area contributed by atoms with Gasteiger partial charge in [-0.25, -0.2) is 48.7 Å². The van der Waals surface area contributed by atoms with Gasteiger partial charge in [0.15, 0.2) is 0 Å². The molecule has 28 heteroatoms. The standard InChI is InChI=1S/C76H50N8O18S2/c1-43-53(35-77)63(85)83(73(93)99-41-49-29-17-7-18-30-49)65(87)57(43)79-71-81-61-59(103-71)51-33-56-52(34-55(51)101-75(61,67(89)95-37-45-21-9-3-10-22-45)68(90)96-38-46-23-11-4-12-24-46)60-62(76(102-56,69(91)97-39-47-25-13-5-14-26-47)70(92)98-40-48-27-15-6-16-28-48)82-72(104-60)80-58-44(2)54(36-78)64(86)84(66(58)88)74(94)100-42-50-31-19-8-20-32-50/h3-34H,37-42H2,1-2H3/b79-57+,80-58+. The van der Waals surface area contributed by atoms with Crippen molar-refractivity contribution in [2.24, 2.45) is 9.98 Å². The fourth-order valence-corrected chi connectivity index (χ4v) is 13.2. The second-order valence-electron chi connectivity index (χ2n) is 23.1. The zero-order valence-electron chi connectivity index (χ0n) is 54.5. The topological polar surface area (TPSA) is 349 Å². The molecule has 0 aliphatic carbocycles. The van der Waals surface area contributed by atoms with Crippen LogP contribution in [0.15, 0.2) is 226 Å². The van der Waals surface area contributed by atoms with Gasteiger partial charge in [-0.2, -0.15) is 20.3 Å². The molecule has 0 spiro atoms. The van der Waals surface area contributed by atoms with E-state index in [1.54, 1.807) is 194 Å². The Labute approximate surface area is 597 Å². The van der Waals surface area contributed by atoms with Gasteiger partial charge < -0.3 is 37.9 Å². The fraction of sp³-hybridized carbons (Fsp3) is 0.132. The van der Waals surface area contributed by atoms with Crippen LogP contribution in [0.25, 0.3) is 20.9 Å². The number of fused-ring (bicyclic) bond motifs is 6. The van der Waals surface area contributed by atoms with Crippen LogP contribution in [0, 0.1) is 22.7 Å². The van der Waals surface area contributed by atoms with E-state index in [9.17, 15) is 39.3 Å². The maximum Gasteiger partial charge on any atom is 0.424 e. The molecule has 6 amide bonds. The van der Waals surface area contributed by atoms with Crippen LogP contribution in [0.3, 0.4) is 0 Å². The van der Waals surface area contributed by atoms with Crippen LogP contribution in [0.1, 0.15) is 58.6 Å². The summed E-state index contributed by atoms with van der Waals surface area (Å²) < 4.78 is 48.3. The number of ether oxygens (including phenoxy) is 8. The SMILES string of the molecule is CC1=C(C#N)C(=O)N(C(=O)OCc2ccccc2)C(=O)/C1=N/c1nc2c(s1)-c1cc3c(cc1OC2(C(=O)OCc1ccccc1)C(=O)OCc1ccccc1)-c1sc(/N=C2/C(=O)N(C(=O)OCc4ccccc4)C(=O)C(C#N)=C2C)nc1C(C(=O)OCc1ccccc1)(C(=O)OCc1ccccc1)O3. The number of carbonyl (C=O) groups excluding carboxylic acids is 10. The minimum Gasteiger partial charge on any atom is -0.458 e. The van der Waals surface area contributed by atoms with Gasteiger partial charge in [0, 0.05) is 22.3 Å². The molecule has 0 atom stereocenters. The first kappa shape index (κ1) is 68.8. The third-order valence-corrected chi connectivity index (χ3v) is 18.5. The van der Waals surface area contributed by atoms with Gasteiger partial charge in [0.25, 0.3) is 23.6 Å². The lowest BCUT2D eigenvalue weighted by Gasteiger charge is -2.36. The molecule has 0 radical (unpaired) electrons. The molecule has 6 heterocycles. The van der Waals surface area contributed by atoms with Gasteiger partial charge in [-0.15, -0.1) is 0 Å². The number of thiazole rings is 2. The molecule has 13 rings (SSSR count). The molecule has 0 N–H and O–H groups in total. The zero-order chi connectivity index (χ0) is 72.8. The summed E-state index contributed by atoms with van der Waals surface area (Å²) in [5.41, 5.74) is -8.20. The van der Waals surface area contributed by atoms with Crippen molar-refractivity contribution in [3.63, 3.8) is 0 Å². The lowest BCUT2D eigenvalue weighted by Crippen LogP contribution is -2.53. The zero-order valence-corrected chi connectivity index (χ0v) is 56.1. The maximum atomic E-state index is 15.6. The van der Waals surface area contributed by atoms with E-state index in [2.05, 4.69) is 9.98 Å². The molecule has 2 aromatic heterocycles. The summed E-state index contributed by atoms with van der Waals surface area (Å²) in [7, 11) is 0. The molecule has 514 valence electrons. The summed E-state index contributed by atoms with van der Waals surface area (Å²) >= 11 is 1.20. The molecule has 0 fully saturated rings. The largest absolute Gasteiger partial charge is 0.458 e. The summed E-state index contributed by atoms with van der Waals surface area (Å²) in [5, 5.41) is 19.8. The number of esters is 4. The highest BCUT2D eigenvalue weighted by Crippen LogP contribution is 2.58. The number of aromatic nitrogens is 2. The highest BCUT2D eigenvalue weighted by molar-refractivity contribution is 7.19. The highest BCUT2D eigenvalue weighted by atomic mass is 32.1. The third-order valence-electron chi connectivity index (χ3n) is 16.5. The molecule has 0 bridgehead atoms. The van der Waals surface area contributed by atoms with E-state index in [0.29, 0.717) is 56.1 Å². The predicted molar refractivity (Wildman–Crippen MR) is 366 cm³/mol. The molecule has 26 nitrogen and oxygen atoms in total. The Balaban J connectivity index is 1.01. The van der Waals surface area contributed by atoms with E-state index in [4.69, 9.17) is 47.9 Å². The number of benzene rings is 7. The first-order chi connectivity index (χ1) is 50.4. The summed E-state index contributed by atoms with van der Waals surface area (Å²) in [5.74, 6) is -11.7. The Morgan fingerprint density at radius 1 is 0.413 bits per heavy atom. The minimum atomic E-state index is -3.11. The first-order valence-corrected chi connectivity index (χ1v) is 33.1. The number of aliphatic imine (C=N–C) groups is 2. The first-order valence-electron chi connectivity index (χ1n) is 31.4. The predicted octanol–water partition coefficient (Wildman–Crippen LogP) is 11.3. The Morgan fingerprint density at radius 3 is 0.933 bits per heavy atom. The van der Waals surface area contributed by atoms with Crippen molar-refractivity contribution in [2.75, 3.05) is 0 Å². The quantitative estimate of drug-likeness (QED) is 0.0333. The van der Waals surface area contributed by atoms with Gasteiger partial charge in [0.1, 0.15) is 97.2 Å². The normalized spacial score (nSPS) is 15.4. The van der Waals surface area contributed by atoms with Gasteiger partial charge >= 0.3 is 47.3 Å². The summed E-state index contributed by atoms with van der Waals surface area (Å²) in [6.07, 6.45) is -2.92. The highest BCUT2D eigenvalue weighted by Gasteiger charge is 2.63. The molecule has 0 unspecified atom stereocenters. The van der Waals surface area contributed by atoms with Crippen molar-refractivity contribution >= 4 is 104 Å². The number of imide groups is 6. The Bertz CT molecular complexity index is 4820. The smallest absolute Gasteiger partial charge is 0.424 e. The molecular weight excluding hydrogens is 1380 g/mol. The number of rotatable bonds is 18. The van der Waals surface area contributed by atoms with Crippen LogP contribution >= 0.6 is 22.7 Å². The van der Waals surface area contributed by atoms with E-state index in [1.165, 1.54) is 26.0 Å². The number of carbonyl (C=O) groups is 10. The Hall–Kier alpha value is -13.7. The van der Waals surface area contributed by atoms with Crippen molar-refractivity contribution < 1.29 is 85.8 Å². The molecule has 9 aromatic rings. The van der Waals surface area contributed by atoms with E-state index in [-0.39, 0.29) is 53.3 Å². The number of nitrogens with zero attached hydrogens (tertiary/aromatic N) is 8. The van der Waals surface area contributed by atoms with Crippen LogP contribution in [0.5, 0.6) is 11.5 Å². The van der Waals surface area contributed by atoms with Crippen molar-refractivity contribution in [1.29, 1.82) is 10.5 Å². The van der Waals surface area contributed by atoms with Crippen LogP contribution in [0.4, 0.5) is 19.9 Å². The second kappa shape index (κ2) is 29.2. The summed E-state index contributed by atoms with van der Waals surface area (Å²) in [4.78, 5) is 165. The number of nitriles is 2. The molecule has 0 saturated carbocycles. The van der Waals surface area contributed by atoms with Crippen LogP contribution in [-0.4, -0.2) is 90.9 Å². The van der Waals surface area contributed by atoms with Crippen molar-refractivity contribution in [2.45, 2.75) is 64.7 Å². The second-order valence-corrected chi connectivity index (χ2v) is 25.1. The maximum absolute atomic E-state index is 15.6. The summed E-state index contributed by atoms with van der Waals surface area (Å²) in [6, 6.07) is 55.9. The Kier molecular flexibility index (Phi) is 19.3. The fourth-order valence-electron chi connectivity index (χ4n) is 11.2. The summed E-state index contributed by atoms with van der Waals surface area (Å²) in [6.45, 7) is -0.221. The van der Waals surface area contributed by atoms with E-state index >= 15 is 19.2 Å². The van der Waals surface area contributed by atoms with E-state index in [1.807, 2.05) is 0 Å². The van der Waals surface area contributed by atoms with Crippen molar-refractivity contribution in [3.05, 3.63) is 261 Å². The Morgan fingerprint density at radius 2 is 0.673 bits per heavy atom. The van der Waals surface area contributed by atoms with Gasteiger partial charge in [0.05, 0.1) is 9.75 Å². The lowest BCUT2D eigenvalue weighted by atomic mass is 9.89. The van der Waals surface area contributed by atoms with Gasteiger partial charge in [-0.1, -0.05) is 205 Å². The monoisotopic (exact) mass is 1430 g/mol. The number of amides is 6. The average molecular weight is 1430 g/mol. The van der Waals surface area contributed by atoms with Crippen LogP contribution < -0.4 is 9.47 Å². The lowest BCUT2D eigenvalue weighted by molar-refractivity contribution is -0.185. The van der Waals surface area contributed by atoms with Gasteiger partial charge in [-0.05, 0) is 59.4 Å². The molecular formula is C76H50N8O18S2. The van der Waals surface area contributed by atoms with Gasteiger partial charge in [-0.3, -0.25) is 19.2 Å². The molecule has 0 saturated heterocycles. The molecule has 104 heavy (non-hydrogen) atoms. The molecule has 7 aromatic carbocycles. The third kappa shape index (κ3) is 13.1. The van der Waals surface area contributed by atoms with Crippen molar-refractivity contribution in [1.82, 2.24) is 19.8 Å². The average Bonchev–Trinajstić information content (AvgIpc) is 1.40. The molecule has 4 aliphatic rings. The minimum absolute atomic E-state index is 0.0936. The van der Waals surface area contributed by atoms with E-state index in [0.717, 1.165) is 0 Å². The number of hydrogen-bond acceptors (Lipinski definition) is 26. The number of hydrogen-bond donors (Lipinski definition) is 0. The molecule has 4 aliphatic heterocycles.